The molecule has 42 heavy (non-hydrogen) atoms. The van der Waals surface area contributed by atoms with E-state index in [1.165, 1.54) is 0 Å². The highest BCUT2D eigenvalue weighted by Gasteiger charge is 2.19. The van der Waals surface area contributed by atoms with Gasteiger partial charge in [-0.2, -0.15) is 0 Å². The van der Waals surface area contributed by atoms with Gasteiger partial charge in [0.15, 0.2) is 0 Å². The van der Waals surface area contributed by atoms with Crippen molar-refractivity contribution in [2.75, 3.05) is 4.90 Å². The first-order chi connectivity index (χ1) is 20.8. The van der Waals surface area contributed by atoms with Crippen LogP contribution in [0.25, 0.3) is 50.1 Å². The van der Waals surface area contributed by atoms with Crippen molar-refractivity contribution >= 4 is 44.6 Å². The van der Waals surface area contributed by atoms with E-state index >= 15 is 0 Å². The van der Waals surface area contributed by atoms with Crippen molar-refractivity contribution in [3.8, 4) is 22.5 Å². The van der Waals surface area contributed by atoms with Crippen molar-refractivity contribution < 1.29 is 0 Å². The van der Waals surface area contributed by atoms with Gasteiger partial charge in [-0.05, 0) is 60.7 Å². The Morgan fingerprint density at radius 2 is 1.36 bits per heavy atom. The molecule has 0 bridgehead atoms. The van der Waals surface area contributed by atoms with E-state index < -0.39 is 0 Å². The van der Waals surface area contributed by atoms with Crippen LogP contribution in [0.3, 0.4) is 0 Å². The van der Waals surface area contributed by atoms with Crippen molar-refractivity contribution in [1.82, 2.24) is 29.3 Å². The molecule has 0 amide bonds. The lowest BCUT2D eigenvalue weighted by Gasteiger charge is -2.24. The SMILES string of the molecule is c1ccc(N(c2cccnc2)c2ccc(-c3nc4ccccc4c4nc5ccc(-c6cccnc6)cn5c34)nc2)cc1. The standard InChI is InChI=1S/C35H23N7/c1-2-9-26(10-3-1)42(27-11-7-19-37-21-27)28-15-16-31(38-22-28)34-35-33(29-12-4-5-13-30(29)39-34)40-32-17-14-25(23-41(32)35)24-8-6-18-36-20-24/h1-23H. The first-order valence-corrected chi connectivity index (χ1v) is 13.7. The summed E-state index contributed by atoms with van der Waals surface area (Å²) in [5.41, 5.74) is 10.1. The molecular formula is C35H23N7. The monoisotopic (exact) mass is 541 g/mol. The van der Waals surface area contributed by atoms with Crippen LogP contribution in [0.15, 0.2) is 140 Å². The second-order valence-electron chi connectivity index (χ2n) is 9.96. The molecule has 0 unspecified atom stereocenters. The maximum absolute atomic E-state index is 5.13. The van der Waals surface area contributed by atoms with Crippen LogP contribution in [0, 0.1) is 0 Å². The lowest BCUT2D eigenvalue weighted by atomic mass is 10.1. The van der Waals surface area contributed by atoms with E-state index in [4.69, 9.17) is 15.0 Å². The average Bonchev–Trinajstić information content (AvgIpc) is 3.46. The number of imidazole rings is 1. The Bertz CT molecular complexity index is 2140. The predicted molar refractivity (Wildman–Crippen MR) is 167 cm³/mol. The molecular weight excluding hydrogens is 518 g/mol. The van der Waals surface area contributed by atoms with E-state index in [0.717, 1.165) is 67.2 Å². The lowest BCUT2D eigenvalue weighted by Crippen LogP contribution is -2.10. The minimum Gasteiger partial charge on any atom is -0.307 e. The van der Waals surface area contributed by atoms with Crippen molar-refractivity contribution in [2.45, 2.75) is 0 Å². The maximum atomic E-state index is 5.13. The number of nitrogens with zero attached hydrogens (tertiary/aromatic N) is 7. The molecule has 8 aromatic rings. The summed E-state index contributed by atoms with van der Waals surface area (Å²) in [6.07, 6.45) is 11.3. The van der Waals surface area contributed by atoms with E-state index in [0.29, 0.717) is 0 Å². The number of fused-ring (bicyclic) bond motifs is 5. The largest absolute Gasteiger partial charge is 0.307 e. The topological polar surface area (TPSA) is 72.1 Å². The molecule has 6 aromatic heterocycles. The Balaban J connectivity index is 1.32. The third-order valence-corrected chi connectivity index (χ3v) is 7.40. The Hall–Kier alpha value is -5.95. The zero-order chi connectivity index (χ0) is 27.9. The highest BCUT2D eigenvalue weighted by atomic mass is 15.2. The molecule has 8 rings (SSSR count). The Morgan fingerprint density at radius 1 is 0.571 bits per heavy atom. The van der Waals surface area contributed by atoms with E-state index in [9.17, 15) is 0 Å². The van der Waals surface area contributed by atoms with Crippen molar-refractivity contribution in [3.63, 3.8) is 0 Å². The van der Waals surface area contributed by atoms with Gasteiger partial charge in [-0.3, -0.25) is 19.4 Å². The van der Waals surface area contributed by atoms with Crippen LogP contribution < -0.4 is 4.90 Å². The normalized spacial score (nSPS) is 11.3. The van der Waals surface area contributed by atoms with Gasteiger partial charge in [-0.25, -0.2) is 9.97 Å². The third-order valence-electron chi connectivity index (χ3n) is 7.40. The minimum absolute atomic E-state index is 0.766. The number of rotatable bonds is 5. The molecule has 0 fully saturated rings. The first-order valence-electron chi connectivity index (χ1n) is 13.7. The van der Waals surface area contributed by atoms with Gasteiger partial charge in [-0.15, -0.1) is 0 Å². The molecule has 7 heteroatoms. The van der Waals surface area contributed by atoms with Gasteiger partial charge in [-0.1, -0.05) is 42.5 Å². The molecule has 0 saturated carbocycles. The number of benzene rings is 2. The Labute approximate surface area is 241 Å². The summed E-state index contributed by atoms with van der Waals surface area (Å²) >= 11 is 0. The summed E-state index contributed by atoms with van der Waals surface area (Å²) < 4.78 is 2.12. The molecule has 7 nitrogen and oxygen atoms in total. The molecule has 0 aliphatic heterocycles. The number of aromatic nitrogens is 6. The van der Waals surface area contributed by atoms with Crippen LogP contribution >= 0.6 is 0 Å². The molecule has 6 heterocycles. The maximum Gasteiger partial charge on any atom is 0.138 e. The van der Waals surface area contributed by atoms with E-state index in [2.05, 4.69) is 61.9 Å². The molecule has 0 saturated heterocycles. The summed E-state index contributed by atoms with van der Waals surface area (Å²) in [5.74, 6) is 0. The summed E-state index contributed by atoms with van der Waals surface area (Å²) in [6, 6.07) is 34.6. The number of pyridine rings is 5. The van der Waals surface area contributed by atoms with E-state index in [1.807, 2.05) is 85.3 Å². The van der Waals surface area contributed by atoms with E-state index in [-0.39, 0.29) is 0 Å². The van der Waals surface area contributed by atoms with Gasteiger partial charge >= 0.3 is 0 Å². The fraction of sp³-hybridized carbons (Fsp3) is 0. The van der Waals surface area contributed by atoms with Crippen LogP contribution in [-0.4, -0.2) is 29.3 Å². The van der Waals surface area contributed by atoms with E-state index in [1.54, 1.807) is 12.4 Å². The van der Waals surface area contributed by atoms with Gasteiger partial charge in [0.1, 0.15) is 22.4 Å². The van der Waals surface area contributed by atoms with Crippen molar-refractivity contribution in [2.24, 2.45) is 0 Å². The zero-order valence-corrected chi connectivity index (χ0v) is 22.4. The van der Waals surface area contributed by atoms with Gasteiger partial charge in [0.2, 0.25) is 0 Å². The minimum atomic E-state index is 0.766. The van der Waals surface area contributed by atoms with Crippen molar-refractivity contribution in [3.05, 3.63) is 140 Å². The molecule has 0 aliphatic rings. The van der Waals surface area contributed by atoms with Crippen LogP contribution in [0.5, 0.6) is 0 Å². The van der Waals surface area contributed by atoms with Crippen LogP contribution in [-0.2, 0) is 0 Å². The highest BCUT2D eigenvalue weighted by molar-refractivity contribution is 6.08. The average molecular weight is 542 g/mol. The van der Waals surface area contributed by atoms with Gasteiger partial charge in [0.05, 0.1) is 35.0 Å². The fourth-order valence-electron chi connectivity index (χ4n) is 5.46. The summed E-state index contributed by atoms with van der Waals surface area (Å²) in [7, 11) is 0. The number of para-hydroxylation sites is 2. The Morgan fingerprint density at radius 3 is 2.14 bits per heavy atom. The molecule has 0 aliphatic carbocycles. The van der Waals surface area contributed by atoms with Gasteiger partial charge < -0.3 is 4.90 Å². The fourth-order valence-corrected chi connectivity index (χ4v) is 5.46. The van der Waals surface area contributed by atoms with Gasteiger partial charge in [0, 0.05) is 47.0 Å². The second kappa shape index (κ2) is 9.91. The first kappa shape index (κ1) is 23.9. The molecule has 0 N–H and O–H groups in total. The van der Waals surface area contributed by atoms with Gasteiger partial charge in [0.25, 0.3) is 0 Å². The number of anilines is 3. The van der Waals surface area contributed by atoms with Crippen LogP contribution in [0.1, 0.15) is 0 Å². The Kier molecular flexibility index (Phi) is 5.64. The molecule has 0 spiro atoms. The second-order valence-corrected chi connectivity index (χ2v) is 9.96. The predicted octanol–water partition coefficient (Wildman–Crippen LogP) is 8.02. The highest BCUT2D eigenvalue weighted by Crippen LogP contribution is 2.36. The van der Waals surface area contributed by atoms with Crippen LogP contribution in [0.4, 0.5) is 17.1 Å². The molecule has 0 radical (unpaired) electrons. The van der Waals surface area contributed by atoms with Crippen molar-refractivity contribution in [1.29, 1.82) is 0 Å². The number of hydrogen-bond donors (Lipinski definition) is 0. The summed E-state index contributed by atoms with van der Waals surface area (Å²) in [4.78, 5) is 26.0. The summed E-state index contributed by atoms with van der Waals surface area (Å²) in [5, 5.41) is 1.01. The number of hydrogen-bond acceptors (Lipinski definition) is 6. The smallest absolute Gasteiger partial charge is 0.138 e. The quantitative estimate of drug-likeness (QED) is 0.220. The molecule has 0 atom stereocenters. The zero-order valence-electron chi connectivity index (χ0n) is 22.4. The summed E-state index contributed by atoms with van der Waals surface area (Å²) in [6.45, 7) is 0. The molecule has 198 valence electrons. The lowest BCUT2D eigenvalue weighted by molar-refractivity contribution is 1.19. The van der Waals surface area contributed by atoms with Crippen LogP contribution in [0.2, 0.25) is 0 Å². The molecule has 2 aromatic carbocycles. The third kappa shape index (κ3) is 4.03.